The summed E-state index contributed by atoms with van der Waals surface area (Å²) >= 11 is 3.16. The van der Waals surface area contributed by atoms with Crippen molar-refractivity contribution < 1.29 is 18.7 Å². The highest BCUT2D eigenvalue weighted by molar-refractivity contribution is 9.10. The highest BCUT2D eigenvalue weighted by atomic mass is 79.9. The molecule has 5 nitrogen and oxygen atoms in total. The maximum Gasteiger partial charge on any atom is 0.260 e. The number of hydrogen-bond acceptors (Lipinski definition) is 4. The Balaban J connectivity index is 1.81. The molecule has 0 aliphatic carbocycles. The fraction of sp³-hybridized carbons (Fsp3) is 0.0833. The van der Waals surface area contributed by atoms with Crippen molar-refractivity contribution in [3.05, 3.63) is 40.8 Å². The zero-order valence-electron chi connectivity index (χ0n) is 9.10. The van der Waals surface area contributed by atoms with Gasteiger partial charge in [0.15, 0.2) is 16.2 Å². The zero-order chi connectivity index (χ0) is 12.5. The molecule has 1 aliphatic rings. The van der Waals surface area contributed by atoms with Crippen molar-refractivity contribution in [3.63, 3.8) is 0 Å². The lowest BCUT2D eigenvalue weighted by atomic mass is 10.2. The van der Waals surface area contributed by atoms with Gasteiger partial charge in [-0.15, -0.1) is 0 Å². The highest BCUT2D eigenvalue weighted by Crippen LogP contribution is 2.34. The minimum atomic E-state index is -0.255. The molecule has 2 heterocycles. The van der Waals surface area contributed by atoms with Gasteiger partial charge in [-0.05, 0) is 34.1 Å². The van der Waals surface area contributed by atoms with Gasteiger partial charge in [-0.2, -0.15) is 0 Å². The molecule has 0 spiro atoms. The van der Waals surface area contributed by atoms with Crippen molar-refractivity contribution in [2.45, 2.75) is 0 Å². The van der Waals surface area contributed by atoms with Crippen LogP contribution in [0.1, 0.15) is 10.4 Å². The summed E-state index contributed by atoms with van der Waals surface area (Å²) in [5.41, 5.74) is 1.07. The second-order valence-electron chi connectivity index (χ2n) is 3.63. The Morgan fingerprint density at radius 2 is 2.06 bits per heavy atom. The Hall–Kier alpha value is -1.95. The van der Waals surface area contributed by atoms with Gasteiger partial charge < -0.3 is 19.2 Å². The number of carbonyl (C=O) groups excluding carboxylic acids is 1. The van der Waals surface area contributed by atoms with Crippen molar-refractivity contribution in [2.75, 3.05) is 12.1 Å². The molecule has 1 aromatic heterocycles. The van der Waals surface area contributed by atoms with Crippen LogP contribution in [0.15, 0.2) is 39.6 Å². The smallest absolute Gasteiger partial charge is 0.260 e. The number of hydrogen-bond donors (Lipinski definition) is 1. The molecule has 92 valence electrons. The predicted molar refractivity (Wildman–Crippen MR) is 66.9 cm³/mol. The van der Waals surface area contributed by atoms with Crippen LogP contribution in [0.25, 0.3) is 0 Å². The summed E-state index contributed by atoms with van der Waals surface area (Å²) < 4.78 is 15.8. The van der Waals surface area contributed by atoms with Crippen LogP contribution in [-0.2, 0) is 0 Å². The van der Waals surface area contributed by atoms with E-state index in [1.807, 2.05) is 0 Å². The first-order chi connectivity index (χ1) is 8.74. The third-order valence-corrected chi connectivity index (χ3v) is 3.11. The minimum Gasteiger partial charge on any atom is -0.457 e. The number of halogens is 1. The molecule has 1 N–H and O–H groups in total. The van der Waals surface area contributed by atoms with E-state index in [2.05, 4.69) is 21.2 Å². The molecular weight excluding hydrogens is 302 g/mol. The summed E-state index contributed by atoms with van der Waals surface area (Å²) in [6.45, 7) is 0.208. The van der Waals surface area contributed by atoms with Crippen molar-refractivity contribution in [3.8, 4) is 11.5 Å². The van der Waals surface area contributed by atoms with Crippen LogP contribution in [0.4, 0.5) is 5.69 Å². The lowest BCUT2D eigenvalue weighted by molar-refractivity contribution is 0.102. The van der Waals surface area contributed by atoms with Crippen LogP contribution in [0, 0.1) is 0 Å². The molecule has 0 saturated carbocycles. The van der Waals surface area contributed by atoms with E-state index in [1.54, 1.807) is 24.3 Å². The van der Waals surface area contributed by atoms with E-state index >= 15 is 0 Å². The third kappa shape index (κ3) is 1.95. The number of benzene rings is 1. The number of nitrogens with one attached hydrogen (secondary N) is 1. The standard InChI is InChI=1S/C12H8BrNO4/c13-11-8(3-4-16-11)12(15)14-7-1-2-9-10(5-7)18-6-17-9/h1-5H,6H2,(H,14,15). The molecule has 2 aromatic rings. The zero-order valence-corrected chi connectivity index (χ0v) is 10.7. The monoisotopic (exact) mass is 309 g/mol. The molecule has 0 atom stereocenters. The van der Waals surface area contributed by atoms with E-state index in [9.17, 15) is 4.79 Å². The van der Waals surface area contributed by atoms with Gasteiger partial charge in [0.05, 0.1) is 11.8 Å². The molecule has 0 unspecified atom stereocenters. The van der Waals surface area contributed by atoms with Crippen molar-refractivity contribution >= 4 is 27.5 Å². The van der Waals surface area contributed by atoms with E-state index in [0.29, 0.717) is 27.4 Å². The minimum absolute atomic E-state index is 0.208. The normalized spacial score (nSPS) is 12.5. The first-order valence-electron chi connectivity index (χ1n) is 5.18. The van der Waals surface area contributed by atoms with Gasteiger partial charge in [-0.3, -0.25) is 4.79 Å². The molecule has 0 fully saturated rings. The molecule has 1 aliphatic heterocycles. The summed E-state index contributed by atoms with van der Waals surface area (Å²) in [6, 6.07) is 6.81. The van der Waals surface area contributed by atoms with E-state index in [-0.39, 0.29) is 12.7 Å². The maximum atomic E-state index is 11.9. The summed E-state index contributed by atoms with van der Waals surface area (Å²) in [4.78, 5) is 11.9. The molecule has 1 amide bonds. The second kappa shape index (κ2) is 4.38. The molecule has 0 radical (unpaired) electrons. The van der Waals surface area contributed by atoms with Crippen molar-refractivity contribution in [1.29, 1.82) is 0 Å². The second-order valence-corrected chi connectivity index (χ2v) is 4.35. The SMILES string of the molecule is O=C(Nc1ccc2c(c1)OCO2)c1ccoc1Br. The average Bonchev–Trinajstić information content (AvgIpc) is 2.96. The van der Waals surface area contributed by atoms with Crippen LogP contribution in [0.2, 0.25) is 0 Å². The Morgan fingerprint density at radius 3 is 2.83 bits per heavy atom. The van der Waals surface area contributed by atoms with Crippen LogP contribution in [-0.4, -0.2) is 12.7 Å². The average molecular weight is 310 g/mol. The van der Waals surface area contributed by atoms with Gasteiger partial charge in [0.2, 0.25) is 6.79 Å². The molecule has 3 rings (SSSR count). The Labute approximate surface area is 111 Å². The number of rotatable bonds is 2. The highest BCUT2D eigenvalue weighted by Gasteiger charge is 2.16. The molecule has 1 aromatic carbocycles. The van der Waals surface area contributed by atoms with E-state index < -0.39 is 0 Å². The summed E-state index contributed by atoms with van der Waals surface area (Å²) in [7, 11) is 0. The van der Waals surface area contributed by atoms with Crippen LogP contribution < -0.4 is 14.8 Å². The Bertz CT molecular complexity index is 608. The summed E-state index contributed by atoms with van der Waals surface area (Å²) in [5.74, 6) is 1.05. The van der Waals surface area contributed by atoms with Gasteiger partial charge in [-0.1, -0.05) is 0 Å². The fourth-order valence-corrected chi connectivity index (χ4v) is 2.05. The molecule has 0 saturated heterocycles. The predicted octanol–water partition coefficient (Wildman–Crippen LogP) is 3.02. The van der Waals surface area contributed by atoms with Gasteiger partial charge in [0, 0.05) is 11.8 Å². The Morgan fingerprint density at radius 1 is 1.22 bits per heavy atom. The van der Waals surface area contributed by atoms with E-state index in [4.69, 9.17) is 13.9 Å². The maximum absolute atomic E-state index is 11.9. The number of fused-ring (bicyclic) bond motifs is 1. The van der Waals surface area contributed by atoms with Crippen LogP contribution in [0.5, 0.6) is 11.5 Å². The van der Waals surface area contributed by atoms with Gasteiger partial charge in [-0.25, -0.2) is 0 Å². The van der Waals surface area contributed by atoms with Crippen molar-refractivity contribution in [2.24, 2.45) is 0 Å². The van der Waals surface area contributed by atoms with Gasteiger partial charge >= 0.3 is 0 Å². The third-order valence-electron chi connectivity index (χ3n) is 2.49. The lowest BCUT2D eigenvalue weighted by Crippen LogP contribution is -2.11. The first-order valence-corrected chi connectivity index (χ1v) is 5.97. The first kappa shape index (κ1) is 11.2. The molecular formula is C12H8BrNO4. The van der Waals surface area contributed by atoms with Crippen LogP contribution >= 0.6 is 15.9 Å². The quantitative estimate of drug-likeness (QED) is 0.926. The van der Waals surface area contributed by atoms with Crippen LogP contribution in [0.3, 0.4) is 0 Å². The van der Waals surface area contributed by atoms with E-state index in [0.717, 1.165) is 0 Å². The van der Waals surface area contributed by atoms with Gasteiger partial charge in [0.1, 0.15) is 0 Å². The molecule has 0 bridgehead atoms. The van der Waals surface area contributed by atoms with Gasteiger partial charge in [0.25, 0.3) is 5.91 Å². The number of amides is 1. The largest absolute Gasteiger partial charge is 0.457 e. The number of anilines is 1. The number of furan rings is 1. The fourth-order valence-electron chi connectivity index (χ4n) is 1.63. The van der Waals surface area contributed by atoms with Crippen molar-refractivity contribution in [1.82, 2.24) is 0 Å². The summed E-state index contributed by atoms with van der Waals surface area (Å²) in [5, 5.41) is 2.75. The molecule has 6 heteroatoms. The topological polar surface area (TPSA) is 60.7 Å². The Kier molecular flexibility index (Phi) is 2.71. The summed E-state index contributed by atoms with van der Waals surface area (Å²) in [6.07, 6.45) is 1.44. The molecule has 18 heavy (non-hydrogen) atoms. The van der Waals surface area contributed by atoms with E-state index in [1.165, 1.54) is 6.26 Å². The number of ether oxygens (including phenoxy) is 2. The lowest BCUT2D eigenvalue weighted by Gasteiger charge is -2.04. The number of carbonyl (C=O) groups is 1.